The molecule has 32 valence electrons. The zero-order chi connectivity index (χ0) is 4.28. The van der Waals surface area contributed by atoms with Crippen LogP contribution < -0.4 is 0 Å². The summed E-state index contributed by atoms with van der Waals surface area (Å²) in [6.45, 7) is 1.79. The summed E-state index contributed by atoms with van der Waals surface area (Å²) in [7, 11) is 0. The first-order valence-corrected chi connectivity index (χ1v) is 2.14. The first kappa shape index (κ1) is 5.66. The Bertz CT molecular complexity index is 21.6. The summed E-state index contributed by atoms with van der Waals surface area (Å²) in [6, 6.07) is 0. The molecule has 0 aromatic rings. The van der Waals surface area contributed by atoms with Crippen LogP contribution in [-0.2, 0) is 4.18 Å². The van der Waals surface area contributed by atoms with Gasteiger partial charge in [0.25, 0.3) is 0 Å². The van der Waals surface area contributed by atoms with E-state index in [0.29, 0.717) is 0 Å². The second-order valence-corrected chi connectivity index (χ2v) is 1.64. The molecular formula is C2H6OS2. The van der Waals surface area contributed by atoms with E-state index in [9.17, 15) is 0 Å². The lowest BCUT2D eigenvalue weighted by atomic mass is 10.9. The molecule has 0 N–H and O–H groups in total. The quantitative estimate of drug-likeness (QED) is 0.292. The summed E-state index contributed by atoms with van der Waals surface area (Å²) in [5.41, 5.74) is -0.0571. The highest BCUT2D eigenvalue weighted by Gasteiger charge is 1.81. The lowest BCUT2D eigenvalue weighted by Gasteiger charge is -1.91. The molecule has 0 saturated heterocycles. The van der Waals surface area contributed by atoms with E-state index in [-0.39, 0.29) is 5.44 Å². The van der Waals surface area contributed by atoms with E-state index in [2.05, 4.69) is 29.7 Å². The smallest absolute Gasteiger partial charge is 0.112 e. The lowest BCUT2D eigenvalue weighted by Crippen LogP contribution is -1.84. The van der Waals surface area contributed by atoms with Crippen molar-refractivity contribution in [3.8, 4) is 0 Å². The minimum absolute atomic E-state index is 0.0571. The number of hydrogen-bond donors (Lipinski definition) is 2. The topological polar surface area (TPSA) is 9.23 Å². The molecule has 0 radical (unpaired) electrons. The Morgan fingerprint density at radius 1 is 1.80 bits per heavy atom. The van der Waals surface area contributed by atoms with E-state index in [1.807, 2.05) is 0 Å². The van der Waals surface area contributed by atoms with Gasteiger partial charge in [-0.1, -0.05) is 0 Å². The molecule has 0 aliphatic heterocycles. The van der Waals surface area contributed by atoms with Crippen LogP contribution in [0.2, 0.25) is 0 Å². The fourth-order valence-corrected chi connectivity index (χ4v) is 0. The van der Waals surface area contributed by atoms with Gasteiger partial charge in [0.2, 0.25) is 0 Å². The molecule has 0 bridgehead atoms. The Morgan fingerprint density at radius 2 is 2.00 bits per heavy atom. The highest BCUT2D eigenvalue weighted by atomic mass is 32.1. The molecule has 0 fully saturated rings. The van der Waals surface area contributed by atoms with E-state index in [0.717, 1.165) is 0 Å². The summed E-state index contributed by atoms with van der Waals surface area (Å²) >= 11 is 7.24. The van der Waals surface area contributed by atoms with Gasteiger partial charge >= 0.3 is 0 Å². The normalized spacial score (nSPS) is 15.0. The van der Waals surface area contributed by atoms with E-state index >= 15 is 0 Å². The Balaban J connectivity index is 2.54. The third-order valence-corrected chi connectivity index (χ3v) is 0.740. The van der Waals surface area contributed by atoms with Crippen molar-refractivity contribution in [2.45, 2.75) is 12.4 Å². The molecule has 0 spiro atoms. The van der Waals surface area contributed by atoms with Gasteiger partial charge < -0.3 is 4.18 Å². The molecule has 0 aromatic heterocycles. The Labute approximate surface area is 42.7 Å². The zero-order valence-electron chi connectivity index (χ0n) is 2.88. The van der Waals surface area contributed by atoms with Crippen molar-refractivity contribution in [2.75, 3.05) is 0 Å². The van der Waals surface area contributed by atoms with Crippen molar-refractivity contribution in [3.63, 3.8) is 0 Å². The minimum atomic E-state index is -0.0571. The van der Waals surface area contributed by atoms with Crippen LogP contribution in [0.25, 0.3) is 0 Å². The third-order valence-electron chi connectivity index (χ3n) is 0.153. The van der Waals surface area contributed by atoms with Gasteiger partial charge in [-0.15, -0.1) is 12.6 Å². The highest BCUT2D eigenvalue weighted by Crippen LogP contribution is 1.94. The molecular weight excluding hydrogens is 104 g/mol. The van der Waals surface area contributed by atoms with Crippen molar-refractivity contribution in [1.29, 1.82) is 0 Å². The molecule has 0 saturated carbocycles. The standard InChI is InChI=1S/C2H6OS2/c1-2(4)3-5/h2,4-5H,1H3. The maximum absolute atomic E-state index is 4.31. The molecule has 0 aliphatic carbocycles. The molecule has 3 heteroatoms. The van der Waals surface area contributed by atoms with Gasteiger partial charge in [-0.3, -0.25) is 0 Å². The predicted octanol–water partition coefficient (Wildman–Crippen LogP) is 1.12. The summed E-state index contributed by atoms with van der Waals surface area (Å²) in [5, 5.41) is 0. The van der Waals surface area contributed by atoms with Gasteiger partial charge in [0.15, 0.2) is 0 Å². The van der Waals surface area contributed by atoms with E-state index in [4.69, 9.17) is 0 Å². The van der Waals surface area contributed by atoms with Gasteiger partial charge in [-0.05, 0) is 19.8 Å². The zero-order valence-corrected chi connectivity index (χ0v) is 4.67. The summed E-state index contributed by atoms with van der Waals surface area (Å²) < 4.78 is 4.31. The molecule has 0 rings (SSSR count). The second kappa shape index (κ2) is 2.87. The molecule has 1 unspecified atom stereocenters. The third kappa shape index (κ3) is 4.66. The first-order chi connectivity index (χ1) is 2.27. The second-order valence-electron chi connectivity index (χ2n) is 0.705. The molecule has 0 aliphatic rings. The average molecular weight is 110 g/mol. The molecule has 0 aromatic carbocycles. The van der Waals surface area contributed by atoms with Gasteiger partial charge in [0.1, 0.15) is 5.44 Å². The largest absolute Gasteiger partial charge is 0.305 e. The van der Waals surface area contributed by atoms with Crippen molar-refractivity contribution in [1.82, 2.24) is 0 Å². The van der Waals surface area contributed by atoms with E-state index in [1.54, 1.807) is 6.92 Å². The summed E-state index contributed by atoms with van der Waals surface area (Å²) in [6.07, 6.45) is 0. The Hall–Kier alpha value is 0.660. The van der Waals surface area contributed by atoms with Gasteiger partial charge in [-0.2, -0.15) is 0 Å². The number of hydrogen-bond acceptors (Lipinski definition) is 3. The molecule has 0 heterocycles. The number of thiol groups is 2. The first-order valence-electron chi connectivity index (χ1n) is 1.25. The maximum Gasteiger partial charge on any atom is 0.112 e. The Morgan fingerprint density at radius 3 is 2.00 bits per heavy atom. The van der Waals surface area contributed by atoms with Crippen LogP contribution in [0.5, 0.6) is 0 Å². The van der Waals surface area contributed by atoms with Crippen LogP contribution in [0.3, 0.4) is 0 Å². The van der Waals surface area contributed by atoms with Crippen LogP contribution >= 0.6 is 25.5 Å². The summed E-state index contributed by atoms with van der Waals surface area (Å²) in [4.78, 5) is 0. The lowest BCUT2D eigenvalue weighted by molar-refractivity contribution is 0.375. The molecule has 1 atom stereocenters. The Kier molecular flexibility index (Phi) is 3.25. The fourth-order valence-electron chi connectivity index (χ4n) is 0. The van der Waals surface area contributed by atoms with Gasteiger partial charge in [0, 0.05) is 0 Å². The number of rotatable bonds is 1. The van der Waals surface area contributed by atoms with Gasteiger partial charge in [0.05, 0.1) is 0 Å². The maximum atomic E-state index is 4.31. The molecule has 0 amide bonds. The van der Waals surface area contributed by atoms with Gasteiger partial charge in [-0.25, -0.2) is 0 Å². The SMILES string of the molecule is CC(S)OS. The van der Waals surface area contributed by atoms with Crippen molar-refractivity contribution < 1.29 is 4.18 Å². The average Bonchev–Trinajstić information content (AvgIpc) is 1.38. The van der Waals surface area contributed by atoms with Crippen LogP contribution in [0, 0.1) is 0 Å². The van der Waals surface area contributed by atoms with Crippen molar-refractivity contribution in [3.05, 3.63) is 0 Å². The van der Waals surface area contributed by atoms with Crippen LogP contribution in [-0.4, -0.2) is 5.44 Å². The van der Waals surface area contributed by atoms with Crippen LogP contribution in [0.4, 0.5) is 0 Å². The minimum Gasteiger partial charge on any atom is -0.305 e. The fraction of sp³-hybridized carbons (Fsp3) is 1.00. The van der Waals surface area contributed by atoms with Crippen molar-refractivity contribution >= 4 is 25.5 Å². The van der Waals surface area contributed by atoms with E-state index in [1.165, 1.54) is 0 Å². The van der Waals surface area contributed by atoms with E-state index < -0.39 is 0 Å². The predicted molar refractivity (Wildman–Crippen MR) is 28.5 cm³/mol. The summed E-state index contributed by atoms with van der Waals surface area (Å²) in [5.74, 6) is 0. The van der Waals surface area contributed by atoms with Crippen molar-refractivity contribution in [2.24, 2.45) is 0 Å². The van der Waals surface area contributed by atoms with Crippen LogP contribution in [0.15, 0.2) is 0 Å². The molecule has 5 heavy (non-hydrogen) atoms. The monoisotopic (exact) mass is 110 g/mol. The highest BCUT2D eigenvalue weighted by molar-refractivity contribution is 7.82. The van der Waals surface area contributed by atoms with Crippen LogP contribution in [0.1, 0.15) is 6.92 Å². The molecule has 1 nitrogen and oxygen atoms in total.